The van der Waals surface area contributed by atoms with E-state index in [2.05, 4.69) is 0 Å². The van der Waals surface area contributed by atoms with Crippen LogP contribution in [-0.4, -0.2) is 48.6 Å². The number of likely N-dealkylation sites (tertiary alicyclic amines) is 1. The van der Waals surface area contributed by atoms with Gasteiger partial charge in [-0.25, -0.2) is 0 Å². The summed E-state index contributed by atoms with van der Waals surface area (Å²) in [6, 6.07) is 13.8. The highest BCUT2D eigenvalue weighted by Gasteiger charge is 2.45. The summed E-state index contributed by atoms with van der Waals surface area (Å²) in [5, 5.41) is 11.0. The lowest BCUT2D eigenvalue weighted by Gasteiger charge is -2.25. The molecular weight excluding hydrogens is 382 g/mol. The average molecular weight is 409 g/mol. The third kappa shape index (κ3) is 4.39. The number of methoxy groups -OCH3 is 1. The highest BCUT2D eigenvalue weighted by molar-refractivity contribution is 6.46. The fraction of sp³-hybridized carbons (Fsp3) is 0.333. The lowest BCUT2D eigenvalue weighted by molar-refractivity contribution is -0.140. The second-order valence-electron chi connectivity index (χ2n) is 7.27. The zero-order valence-electron chi connectivity index (χ0n) is 17.6. The molecule has 1 saturated heterocycles. The van der Waals surface area contributed by atoms with Crippen molar-refractivity contribution in [2.24, 2.45) is 0 Å². The quantitative estimate of drug-likeness (QED) is 0.407. The topological polar surface area (TPSA) is 76.1 Å². The largest absolute Gasteiger partial charge is 0.507 e. The molecule has 30 heavy (non-hydrogen) atoms. The van der Waals surface area contributed by atoms with Gasteiger partial charge in [0.1, 0.15) is 11.5 Å². The first kappa shape index (κ1) is 21.6. The predicted molar refractivity (Wildman–Crippen MR) is 114 cm³/mol. The maximum Gasteiger partial charge on any atom is 0.295 e. The number of Topliss-reactive ketones (excluding diaryl/α,β-unsaturated/α-hetero) is 1. The normalized spacial score (nSPS) is 18.1. The van der Waals surface area contributed by atoms with Crippen molar-refractivity contribution in [2.45, 2.75) is 26.3 Å². The van der Waals surface area contributed by atoms with E-state index in [-0.39, 0.29) is 17.9 Å². The summed E-state index contributed by atoms with van der Waals surface area (Å²) in [7, 11) is 1.54. The van der Waals surface area contributed by atoms with Gasteiger partial charge in [-0.2, -0.15) is 0 Å². The molecule has 0 radical (unpaired) electrons. The smallest absolute Gasteiger partial charge is 0.295 e. The highest BCUT2D eigenvalue weighted by atomic mass is 16.5. The molecule has 1 aliphatic heterocycles. The number of benzene rings is 2. The number of hydrogen-bond acceptors (Lipinski definition) is 5. The summed E-state index contributed by atoms with van der Waals surface area (Å²) in [4.78, 5) is 27.1. The molecule has 158 valence electrons. The summed E-state index contributed by atoms with van der Waals surface area (Å²) < 4.78 is 10.7. The number of aliphatic hydroxyl groups excluding tert-OH is 1. The van der Waals surface area contributed by atoms with E-state index in [1.807, 2.05) is 38.1 Å². The molecule has 0 spiro atoms. The summed E-state index contributed by atoms with van der Waals surface area (Å²) in [6.07, 6.45) is 0.892. The number of ether oxygens (including phenoxy) is 2. The summed E-state index contributed by atoms with van der Waals surface area (Å²) in [5.41, 5.74) is 2.32. The molecule has 2 aromatic carbocycles. The van der Waals surface area contributed by atoms with Crippen molar-refractivity contribution in [3.05, 3.63) is 70.8 Å². The number of carbonyl (C=O) groups excluding carboxylic acids is 2. The van der Waals surface area contributed by atoms with Gasteiger partial charge in [0.25, 0.3) is 11.7 Å². The maximum absolute atomic E-state index is 12.9. The van der Waals surface area contributed by atoms with Crippen molar-refractivity contribution in [1.82, 2.24) is 4.90 Å². The fourth-order valence-corrected chi connectivity index (χ4v) is 3.57. The van der Waals surface area contributed by atoms with E-state index in [0.29, 0.717) is 24.5 Å². The van der Waals surface area contributed by atoms with E-state index in [9.17, 15) is 14.7 Å². The van der Waals surface area contributed by atoms with E-state index in [1.54, 1.807) is 31.4 Å². The summed E-state index contributed by atoms with van der Waals surface area (Å²) >= 11 is 0. The van der Waals surface area contributed by atoms with Gasteiger partial charge in [0.05, 0.1) is 24.8 Å². The second-order valence-corrected chi connectivity index (χ2v) is 7.27. The van der Waals surface area contributed by atoms with Gasteiger partial charge >= 0.3 is 0 Å². The van der Waals surface area contributed by atoms with Crippen molar-refractivity contribution < 1.29 is 24.2 Å². The molecule has 1 amide bonds. The van der Waals surface area contributed by atoms with E-state index in [4.69, 9.17) is 9.47 Å². The van der Waals surface area contributed by atoms with Crippen LogP contribution >= 0.6 is 0 Å². The molecule has 2 aromatic rings. The van der Waals surface area contributed by atoms with Crippen LogP contribution < -0.4 is 4.74 Å². The van der Waals surface area contributed by atoms with Gasteiger partial charge in [-0.05, 0) is 43.2 Å². The average Bonchev–Trinajstić information content (AvgIpc) is 3.01. The zero-order chi connectivity index (χ0) is 21.7. The fourth-order valence-electron chi connectivity index (χ4n) is 3.57. The van der Waals surface area contributed by atoms with Gasteiger partial charge in [0.2, 0.25) is 0 Å². The third-order valence-electron chi connectivity index (χ3n) is 5.03. The number of aliphatic hydroxyl groups is 1. The minimum Gasteiger partial charge on any atom is -0.507 e. The van der Waals surface area contributed by atoms with E-state index < -0.39 is 17.7 Å². The molecule has 0 bridgehead atoms. The minimum absolute atomic E-state index is 0.0870. The van der Waals surface area contributed by atoms with Crippen LogP contribution in [0.4, 0.5) is 0 Å². The Balaban J connectivity index is 2.06. The Labute approximate surface area is 176 Å². The molecule has 1 fully saturated rings. The number of carbonyl (C=O) groups is 2. The van der Waals surface area contributed by atoms with Crippen LogP contribution in [0.2, 0.25) is 0 Å². The highest BCUT2D eigenvalue weighted by Crippen LogP contribution is 2.39. The van der Waals surface area contributed by atoms with Crippen molar-refractivity contribution in [3.8, 4) is 5.75 Å². The molecule has 1 N–H and O–H groups in total. The van der Waals surface area contributed by atoms with Crippen molar-refractivity contribution in [1.29, 1.82) is 0 Å². The SMILES string of the molecule is CCCOc1ccc(/C(O)=C2/C(=O)C(=O)N(CCOC)C2c2cccc(C)c2)cc1. The lowest BCUT2D eigenvalue weighted by Crippen LogP contribution is -2.32. The Morgan fingerprint density at radius 3 is 2.47 bits per heavy atom. The van der Waals surface area contributed by atoms with Crippen LogP contribution in [0.25, 0.3) is 5.76 Å². The number of amides is 1. The van der Waals surface area contributed by atoms with Gasteiger partial charge in [-0.3, -0.25) is 9.59 Å². The number of nitrogens with zero attached hydrogens (tertiary/aromatic N) is 1. The van der Waals surface area contributed by atoms with Crippen molar-refractivity contribution in [3.63, 3.8) is 0 Å². The summed E-state index contributed by atoms with van der Waals surface area (Å²) in [6.45, 7) is 5.11. The Bertz CT molecular complexity index is 948. The Morgan fingerprint density at radius 1 is 1.10 bits per heavy atom. The van der Waals surface area contributed by atoms with E-state index in [0.717, 1.165) is 17.5 Å². The number of ketones is 1. The molecule has 1 heterocycles. The van der Waals surface area contributed by atoms with Gasteiger partial charge in [-0.1, -0.05) is 36.8 Å². The first-order valence-corrected chi connectivity index (χ1v) is 10.0. The molecule has 6 heteroatoms. The zero-order valence-corrected chi connectivity index (χ0v) is 17.6. The molecule has 0 aromatic heterocycles. The Morgan fingerprint density at radius 2 is 1.83 bits per heavy atom. The molecule has 6 nitrogen and oxygen atoms in total. The number of hydrogen-bond donors (Lipinski definition) is 1. The molecule has 0 aliphatic carbocycles. The molecule has 3 rings (SSSR count). The molecule has 1 unspecified atom stereocenters. The van der Waals surface area contributed by atoms with E-state index in [1.165, 1.54) is 4.90 Å². The van der Waals surface area contributed by atoms with Gasteiger partial charge < -0.3 is 19.5 Å². The molecule has 1 atom stereocenters. The van der Waals surface area contributed by atoms with Crippen LogP contribution in [-0.2, 0) is 14.3 Å². The Kier molecular flexibility index (Phi) is 6.90. The first-order valence-electron chi connectivity index (χ1n) is 10.0. The monoisotopic (exact) mass is 409 g/mol. The van der Waals surface area contributed by atoms with Crippen LogP contribution in [0.5, 0.6) is 5.75 Å². The van der Waals surface area contributed by atoms with Crippen LogP contribution in [0, 0.1) is 6.92 Å². The first-order chi connectivity index (χ1) is 14.5. The maximum atomic E-state index is 12.9. The second kappa shape index (κ2) is 9.59. The third-order valence-corrected chi connectivity index (χ3v) is 5.03. The van der Waals surface area contributed by atoms with E-state index >= 15 is 0 Å². The number of rotatable bonds is 8. The van der Waals surface area contributed by atoms with Gasteiger partial charge in [-0.15, -0.1) is 0 Å². The molecule has 1 aliphatic rings. The van der Waals surface area contributed by atoms with Crippen LogP contribution in [0.15, 0.2) is 54.1 Å². The van der Waals surface area contributed by atoms with Crippen molar-refractivity contribution in [2.75, 3.05) is 26.9 Å². The summed E-state index contributed by atoms with van der Waals surface area (Å²) in [5.74, 6) is -0.838. The lowest BCUT2D eigenvalue weighted by atomic mass is 9.94. The minimum atomic E-state index is -0.693. The van der Waals surface area contributed by atoms with Crippen LogP contribution in [0.3, 0.4) is 0 Å². The van der Waals surface area contributed by atoms with Gasteiger partial charge in [0.15, 0.2) is 0 Å². The standard InChI is InChI=1S/C24H27NO5/c1-4-13-30-19-10-8-17(9-11-19)22(26)20-21(18-7-5-6-16(2)15-18)25(12-14-29-3)24(28)23(20)27/h5-11,15,21,26H,4,12-14H2,1-3H3/b22-20-. The van der Waals surface area contributed by atoms with Crippen molar-refractivity contribution >= 4 is 17.4 Å². The molecular formula is C24H27NO5. The van der Waals surface area contributed by atoms with Crippen LogP contribution in [0.1, 0.15) is 36.1 Å². The Hall–Kier alpha value is -3.12. The van der Waals surface area contributed by atoms with Gasteiger partial charge in [0, 0.05) is 19.2 Å². The molecule has 0 saturated carbocycles. The number of aryl methyl sites for hydroxylation is 1. The predicted octanol–water partition coefficient (Wildman–Crippen LogP) is 3.85.